The van der Waals surface area contributed by atoms with Gasteiger partial charge in [-0.05, 0) is 72.3 Å². The molecule has 0 aliphatic carbocycles. The zero-order chi connectivity index (χ0) is 22.9. The third kappa shape index (κ3) is 6.94. The van der Waals surface area contributed by atoms with Crippen molar-refractivity contribution in [2.75, 3.05) is 6.54 Å². The van der Waals surface area contributed by atoms with Crippen molar-refractivity contribution in [1.82, 2.24) is 10.7 Å². The molecule has 0 bridgehead atoms. The SMILES string of the molecule is O=C(CNC(=O)c1ccc(Cl)cc1)NN=Cc1ccc(OC(=O)c2cccc(Cl)c2)cc1. The molecule has 0 atom stereocenters. The number of ether oxygens (including phenoxy) is 1. The molecule has 0 saturated heterocycles. The Kier molecular flexibility index (Phi) is 7.96. The third-order valence-corrected chi connectivity index (χ3v) is 4.56. The van der Waals surface area contributed by atoms with Crippen molar-refractivity contribution < 1.29 is 19.1 Å². The third-order valence-electron chi connectivity index (χ3n) is 4.07. The maximum absolute atomic E-state index is 12.1. The molecule has 0 aliphatic heterocycles. The van der Waals surface area contributed by atoms with Crippen LogP contribution >= 0.6 is 23.2 Å². The van der Waals surface area contributed by atoms with Gasteiger partial charge in [-0.1, -0.05) is 29.3 Å². The number of benzene rings is 3. The summed E-state index contributed by atoms with van der Waals surface area (Å²) in [6.45, 7) is -0.239. The van der Waals surface area contributed by atoms with Crippen molar-refractivity contribution in [3.05, 3.63) is 99.5 Å². The van der Waals surface area contributed by atoms with Gasteiger partial charge < -0.3 is 10.1 Å². The molecule has 0 radical (unpaired) electrons. The predicted molar refractivity (Wildman–Crippen MR) is 122 cm³/mol. The second kappa shape index (κ2) is 11.1. The van der Waals surface area contributed by atoms with E-state index in [2.05, 4.69) is 15.8 Å². The molecule has 0 aliphatic rings. The van der Waals surface area contributed by atoms with Crippen molar-refractivity contribution in [2.24, 2.45) is 5.10 Å². The number of halogens is 2. The lowest BCUT2D eigenvalue weighted by molar-refractivity contribution is -0.120. The van der Waals surface area contributed by atoms with Crippen LogP contribution in [0.2, 0.25) is 10.0 Å². The van der Waals surface area contributed by atoms with E-state index in [0.29, 0.717) is 32.5 Å². The number of hydrazone groups is 1. The van der Waals surface area contributed by atoms with Crippen molar-refractivity contribution in [3.63, 3.8) is 0 Å². The minimum atomic E-state index is -0.526. The number of esters is 1. The summed E-state index contributed by atoms with van der Waals surface area (Å²) in [6.07, 6.45) is 1.42. The van der Waals surface area contributed by atoms with Gasteiger partial charge in [0.05, 0.1) is 18.3 Å². The second-order valence-electron chi connectivity index (χ2n) is 6.45. The van der Waals surface area contributed by atoms with Crippen LogP contribution in [0.4, 0.5) is 0 Å². The highest BCUT2D eigenvalue weighted by atomic mass is 35.5. The molecular weight excluding hydrogens is 453 g/mol. The number of nitrogens with one attached hydrogen (secondary N) is 2. The fourth-order valence-corrected chi connectivity index (χ4v) is 2.80. The molecule has 2 amide bonds. The molecule has 0 heterocycles. The molecule has 0 aromatic heterocycles. The first-order chi connectivity index (χ1) is 15.4. The summed E-state index contributed by atoms with van der Waals surface area (Å²) in [5.41, 5.74) is 3.71. The number of carbonyl (C=O) groups excluding carboxylic acids is 3. The fourth-order valence-electron chi connectivity index (χ4n) is 2.49. The summed E-state index contributed by atoms with van der Waals surface area (Å²) in [5, 5.41) is 7.28. The number of amides is 2. The Morgan fingerprint density at radius 3 is 2.28 bits per heavy atom. The number of carbonyl (C=O) groups is 3. The minimum Gasteiger partial charge on any atom is -0.423 e. The van der Waals surface area contributed by atoms with E-state index in [1.165, 1.54) is 12.3 Å². The van der Waals surface area contributed by atoms with E-state index >= 15 is 0 Å². The van der Waals surface area contributed by atoms with Gasteiger partial charge in [0.25, 0.3) is 11.8 Å². The Bertz CT molecular complexity index is 1150. The standard InChI is InChI=1S/C23H17Cl2N3O4/c24-18-8-6-16(7-9-18)22(30)26-14-21(29)28-27-13-15-4-10-20(11-5-15)32-23(31)17-2-1-3-19(25)12-17/h1-13H,14H2,(H,26,30)(H,28,29). The Balaban J connectivity index is 1.45. The largest absolute Gasteiger partial charge is 0.423 e. The Morgan fingerprint density at radius 2 is 1.59 bits per heavy atom. The van der Waals surface area contributed by atoms with E-state index in [1.807, 2.05) is 0 Å². The first-order valence-electron chi connectivity index (χ1n) is 9.34. The summed E-state index contributed by atoms with van der Waals surface area (Å²) < 4.78 is 5.29. The zero-order valence-corrected chi connectivity index (χ0v) is 18.1. The van der Waals surface area contributed by atoms with Crippen LogP contribution in [-0.2, 0) is 4.79 Å². The van der Waals surface area contributed by atoms with Gasteiger partial charge in [-0.2, -0.15) is 5.10 Å². The van der Waals surface area contributed by atoms with Crippen LogP contribution in [0.5, 0.6) is 5.75 Å². The van der Waals surface area contributed by atoms with Crippen LogP contribution in [0.3, 0.4) is 0 Å². The lowest BCUT2D eigenvalue weighted by Gasteiger charge is -2.05. The lowest BCUT2D eigenvalue weighted by Crippen LogP contribution is -2.34. The maximum atomic E-state index is 12.1. The number of rotatable bonds is 7. The summed E-state index contributed by atoms with van der Waals surface area (Å²) in [5.74, 6) is -1.07. The first-order valence-corrected chi connectivity index (χ1v) is 10.1. The molecule has 0 saturated carbocycles. The molecule has 0 fully saturated rings. The highest BCUT2D eigenvalue weighted by Crippen LogP contribution is 2.16. The minimum absolute atomic E-state index is 0.239. The molecule has 162 valence electrons. The van der Waals surface area contributed by atoms with Gasteiger partial charge in [-0.25, -0.2) is 10.2 Å². The van der Waals surface area contributed by atoms with Gasteiger partial charge in [0.2, 0.25) is 0 Å². The van der Waals surface area contributed by atoms with Crippen LogP contribution in [0.15, 0.2) is 77.9 Å². The van der Waals surface area contributed by atoms with E-state index in [-0.39, 0.29) is 6.54 Å². The van der Waals surface area contributed by atoms with Crippen LogP contribution in [0, 0.1) is 0 Å². The molecule has 3 aromatic carbocycles. The van der Waals surface area contributed by atoms with Crippen LogP contribution in [0.25, 0.3) is 0 Å². The topological polar surface area (TPSA) is 96.9 Å². The average molecular weight is 470 g/mol. The van der Waals surface area contributed by atoms with Crippen LogP contribution in [0.1, 0.15) is 26.3 Å². The zero-order valence-electron chi connectivity index (χ0n) is 16.5. The molecule has 2 N–H and O–H groups in total. The number of hydrogen-bond donors (Lipinski definition) is 2. The number of nitrogens with zero attached hydrogens (tertiary/aromatic N) is 1. The van der Waals surface area contributed by atoms with Gasteiger partial charge in [-0.3, -0.25) is 9.59 Å². The van der Waals surface area contributed by atoms with E-state index < -0.39 is 17.8 Å². The van der Waals surface area contributed by atoms with Gasteiger partial charge in [0, 0.05) is 15.6 Å². The molecule has 32 heavy (non-hydrogen) atoms. The Morgan fingerprint density at radius 1 is 0.875 bits per heavy atom. The van der Waals surface area contributed by atoms with E-state index in [9.17, 15) is 14.4 Å². The van der Waals surface area contributed by atoms with Crippen molar-refractivity contribution in [3.8, 4) is 5.75 Å². The Hall–Kier alpha value is -3.68. The van der Waals surface area contributed by atoms with Crippen molar-refractivity contribution in [1.29, 1.82) is 0 Å². The van der Waals surface area contributed by atoms with Crippen LogP contribution < -0.4 is 15.5 Å². The summed E-state index contributed by atoms with van der Waals surface area (Å²) >= 11 is 11.6. The van der Waals surface area contributed by atoms with Crippen molar-refractivity contribution >= 4 is 47.2 Å². The van der Waals surface area contributed by atoms with Gasteiger partial charge in [-0.15, -0.1) is 0 Å². The highest BCUT2D eigenvalue weighted by Gasteiger charge is 2.09. The predicted octanol–water partition coefficient (Wildman–Crippen LogP) is 4.09. The van der Waals surface area contributed by atoms with Gasteiger partial charge >= 0.3 is 5.97 Å². The fraction of sp³-hybridized carbons (Fsp3) is 0.0435. The quantitative estimate of drug-likeness (QED) is 0.235. The lowest BCUT2D eigenvalue weighted by atomic mass is 10.2. The van der Waals surface area contributed by atoms with E-state index in [1.54, 1.807) is 66.7 Å². The molecule has 9 heteroatoms. The molecule has 0 unspecified atom stereocenters. The average Bonchev–Trinajstić information content (AvgIpc) is 2.79. The molecule has 0 spiro atoms. The van der Waals surface area contributed by atoms with Crippen LogP contribution in [-0.4, -0.2) is 30.5 Å². The summed E-state index contributed by atoms with van der Waals surface area (Å²) in [6, 6.07) is 19.3. The molecular formula is C23H17Cl2N3O4. The van der Waals surface area contributed by atoms with Crippen molar-refractivity contribution in [2.45, 2.75) is 0 Å². The molecule has 7 nitrogen and oxygen atoms in total. The van der Waals surface area contributed by atoms with E-state index in [4.69, 9.17) is 27.9 Å². The summed E-state index contributed by atoms with van der Waals surface area (Å²) in [4.78, 5) is 35.9. The maximum Gasteiger partial charge on any atom is 0.343 e. The molecule has 3 rings (SSSR count). The van der Waals surface area contributed by atoms with Gasteiger partial charge in [0.1, 0.15) is 5.75 Å². The molecule has 3 aromatic rings. The normalized spacial score (nSPS) is 10.6. The second-order valence-corrected chi connectivity index (χ2v) is 7.32. The smallest absolute Gasteiger partial charge is 0.343 e. The Labute approximate surface area is 194 Å². The first kappa shape index (κ1) is 23.0. The number of hydrogen-bond acceptors (Lipinski definition) is 5. The highest BCUT2D eigenvalue weighted by molar-refractivity contribution is 6.31. The van der Waals surface area contributed by atoms with E-state index in [0.717, 1.165) is 0 Å². The summed E-state index contributed by atoms with van der Waals surface area (Å²) in [7, 11) is 0. The van der Waals surface area contributed by atoms with Gasteiger partial charge in [0.15, 0.2) is 0 Å². The monoisotopic (exact) mass is 469 g/mol.